The molecule has 0 aliphatic heterocycles. The van der Waals surface area contributed by atoms with Crippen molar-refractivity contribution in [2.45, 2.75) is 0 Å². The van der Waals surface area contributed by atoms with Gasteiger partial charge in [0.15, 0.2) is 0 Å². The summed E-state index contributed by atoms with van der Waals surface area (Å²) in [5.41, 5.74) is 0.819. The number of nitrogens with zero attached hydrogens (tertiary/aromatic N) is 1. The number of rotatable bonds is 5. The maximum atomic E-state index is 11.6. The molecule has 0 bridgehead atoms. The van der Waals surface area contributed by atoms with Crippen molar-refractivity contribution in [2.75, 3.05) is 20.7 Å². The van der Waals surface area contributed by atoms with Gasteiger partial charge in [-0.05, 0) is 11.6 Å². The largest absolute Gasteiger partial charge is 0.468 e. The molecule has 0 heterocycles. The molecule has 0 aromatic heterocycles. The molecule has 1 rings (SSSR count). The Morgan fingerprint density at radius 2 is 1.84 bits per heavy atom. The van der Waals surface area contributed by atoms with Gasteiger partial charge in [0, 0.05) is 7.05 Å². The first-order chi connectivity index (χ1) is 9.04. The van der Waals surface area contributed by atoms with E-state index in [2.05, 4.69) is 4.74 Å². The van der Waals surface area contributed by atoms with E-state index in [0.717, 1.165) is 10.5 Å². The number of benzene rings is 1. The Morgan fingerprint density at radius 1 is 1.21 bits per heavy atom. The van der Waals surface area contributed by atoms with Crippen LogP contribution in [-0.2, 0) is 19.1 Å². The molecule has 0 aliphatic rings. The second-order valence-corrected chi connectivity index (χ2v) is 3.85. The third-order valence-corrected chi connectivity index (χ3v) is 2.38. The zero-order valence-electron chi connectivity index (χ0n) is 10.8. The minimum Gasteiger partial charge on any atom is -0.468 e. The molecular weight excluding hydrogens is 246 g/mol. The number of hydrogen-bond acceptors (Lipinski definition) is 4. The Hall–Kier alpha value is -2.43. The predicted octanol–water partition coefficient (Wildman–Crippen LogP) is 0.900. The van der Waals surface area contributed by atoms with Gasteiger partial charge in [-0.25, -0.2) is 0 Å². The van der Waals surface area contributed by atoms with Crippen LogP contribution in [0.5, 0.6) is 0 Å². The molecule has 100 valence electrons. The van der Waals surface area contributed by atoms with Crippen molar-refractivity contribution in [1.82, 2.24) is 4.90 Å². The summed E-state index contributed by atoms with van der Waals surface area (Å²) in [4.78, 5) is 35.2. The molecule has 0 N–H and O–H groups in total. The molecule has 0 fully saturated rings. The molecule has 1 aromatic carbocycles. The Morgan fingerprint density at radius 3 is 2.42 bits per heavy atom. The van der Waals surface area contributed by atoms with E-state index in [9.17, 15) is 14.4 Å². The third-order valence-electron chi connectivity index (χ3n) is 2.38. The molecule has 1 aromatic rings. The molecule has 0 unspecified atom stereocenters. The first kappa shape index (κ1) is 14.6. The molecule has 19 heavy (non-hydrogen) atoms. The molecule has 5 heteroatoms. The summed E-state index contributed by atoms with van der Waals surface area (Å²) in [7, 11) is 2.59. The van der Waals surface area contributed by atoms with Crippen molar-refractivity contribution in [3.8, 4) is 0 Å². The summed E-state index contributed by atoms with van der Waals surface area (Å²) in [5, 5.41) is 0. The lowest BCUT2D eigenvalue weighted by Crippen LogP contribution is -2.36. The first-order valence-corrected chi connectivity index (χ1v) is 5.64. The van der Waals surface area contributed by atoms with E-state index in [1.54, 1.807) is 6.08 Å². The molecule has 0 saturated heterocycles. The number of hydrogen-bond donors (Lipinski definition) is 0. The number of methoxy groups -OCH3 is 1. The lowest BCUT2D eigenvalue weighted by Gasteiger charge is -2.13. The Kier molecular flexibility index (Phi) is 5.47. The van der Waals surface area contributed by atoms with Gasteiger partial charge in [-0.15, -0.1) is 0 Å². The van der Waals surface area contributed by atoms with E-state index in [1.165, 1.54) is 20.2 Å². The van der Waals surface area contributed by atoms with Crippen LogP contribution in [0.25, 0.3) is 6.08 Å². The average molecular weight is 261 g/mol. The van der Waals surface area contributed by atoms with Crippen LogP contribution in [0.15, 0.2) is 36.4 Å². The normalized spacial score (nSPS) is 10.2. The second kappa shape index (κ2) is 7.10. The lowest BCUT2D eigenvalue weighted by atomic mass is 10.2. The molecule has 5 nitrogen and oxygen atoms in total. The summed E-state index contributed by atoms with van der Waals surface area (Å²) >= 11 is 0. The highest BCUT2D eigenvalue weighted by Crippen LogP contribution is 2.01. The lowest BCUT2D eigenvalue weighted by molar-refractivity contribution is -0.148. The van der Waals surface area contributed by atoms with Gasteiger partial charge in [0.1, 0.15) is 6.54 Å². The summed E-state index contributed by atoms with van der Waals surface area (Å²) in [6.45, 7) is -0.250. The van der Waals surface area contributed by atoms with Crippen molar-refractivity contribution in [3.05, 3.63) is 42.0 Å². The Balaban J connectivity index is 2.60. The highest BCUT2D eigenvalue weighted by Gasteiger charge is 2.18. The van der Waals surface area contributed by atoms with Gasteiger partial charge in [0.25, 0.3) is 5.91 Å². The zero-order chi connectivity index (χ0) is 14.3. The van der Waals surface area contributed by atoms with Gasteiger partial charge in [-0.1, -0.05) is 36.4 Å². The van der Waals surface area contributed by atoms with E-state index in [-0.39, 0.29) is 6.54 Å². The number of likely N-dealkylation sites (N-methyl/N-ethyl adjacent to an activating group) is 1. The van der Waals surface area contributed by atoms with Crippen molar-refractivity contribution in [1.29, 1.82) is 0 Å². The average Bonchev–Trinajstić information content (AvgIpc) is 2.44. The summed E-state index contributed by atoms with van der Waals surface area (Å²) in [6, 6.07) is 9.14. The van der Waals surface area contributed by atoms with Crippen LogP contribution in [-0.4, -0.2) is 43.3 Å². The molecule has 1 amide bonds. The topological polar surface area (TPSA) is 63.7 Å². The van der Waals surface area contributed by atoms with Gasteiger partial charge in [-0.2, -0.15) is 0 Å². The third kappa shape index (κ3) is 4.75. The van der Waals surface area contributed by atoms with E-state index in [1.807, 2.05) is 30.3 Å². The fourth-order valence-electron chi connectivity index (χ4n) is 1.33. The minimum atomic E-state index is -0.752. The molecular formula is C14H15NO4. The highest BCUT2D eigenvalue weighted by atomic mass is 16.5. The fourth-order valence-corrected chi connectivity index (χ4v) is 1.33. The summed E-state index contributed by atoms with van der Waals surface area (Å²) in [6.07, 6.45) is 2.73. The zero-order valence-corrected chi connectivity index (χ0v) is 10.8. The maximum Gasteiger partial charge on any atom is 0.325 e. The Bertz CT molecular complexity index is 493. The highest BCUT2D eigenvalue weighted by molar-refractivity contribution is 6.41. The van der Waals surface area contributed by atoms with E-state index >= 15 is 0 Å². The number of carbonyl (C=O) groups excluding carboxylic acids is 3. The van der Waals surface area contributed by atoms with Gasteiger partial charge in [-0.3, -0.25) is 14.4 Å². The Labute approximate surface area is 111 Å². The van der Waals surface area contributed by atoms with Crippen molar-refractivity contribution in [2.24, 2.45) is 0 Å². The fraction of sp³-hybridized carbons (Fsp3) is 0.214. The smallest absolute Gasteiger partial charge is 0.325 e. The quantitative estimate of drug-likeness (QED) is 0.449. The monoisotopic (exact) mass is 261 g/mol. The second-order valence-electron chi connectivity index (χ2n) is 3.85. The van der Waals surface area contributed by atoms with E-state index in [0.29, 0.717) is 0 Å². The van der Waals surface area contributed by atoms with Gasteiger partial charge in [0.2, 0.25) is 5.78 Å². The number of ketones is 1. The standard InChI is InChI=1S/C14H15NO4/c1-15(10-13(17)19-2)14(18)12(16)9-8-11-6-4-3-5-7-11/h3-9H,10H2,1-2H3/b9-8+. The number of ether oxygens (including phenoxy) is 1. The van der Waals surface area contributed by atoms with Gasteiger partial charge < -0.3 is 9.64 Å². The van der Waals surface area contributed by atoms with Crippen molar-refractivity contribution >= 4 is 23.7 Å². The van der Waals surface area contributed by atoms with Crippen molar-refractivity contribution < 1.29 is 19.1 Å². The number of amides is 1. The first-order valence-electron chi connectivity index (χ1n) is 5.64. The van der Waals surface area contributed by atoms with Crippen molar-refractivity contribution in [3.63, 3.8) is 0 Å². The van der Waals surface area contributed by atoms with Crippen LogP contribution >= 0.6 is 0 Å². The van der Waals surface area contributed by atoms with Crippen LogP contribution in [0, 0.1) is 0 Å². The number of carbonyl (C=O) groups is 3. The molecule has 0 radical (unpaired) electrons. The molecule has 0 atom stereocenters. The summed E-state index contributed by atoms with van der Waals surface area (Å²) < 4.78 is 4.42. The van der Waals surface area contributed by atoms with Gasteiger partial charge in [0.05, 0.1) is 7.11 Å². The minimum absolute atomic E-state index is 0.250. The molecule has 0 spiro atoms. The molecule has 0 saturated carbocycles. The summed E-state index contributed by atoms with van der Waals surface area (Å²) in [5.74, 6) is -2.01. The van der Waals surface area contributed by atoms with Crippen LogP contribution in [0.2, 0.25) is 0 Å². The van der Waals surface area contributed by atoms with E-state index in [4.69, 9.17) is 0 Å². The maximum absolute atomic E-state index is 11.6. The molecule has 0 aliphatic carbocycles. The van der Waals surface area contributed by atoms with Crippen LogP contribution < -0.4 is 0 Å². The van der Waals surface area contributed by atoms with Crippen LogP contribution in [0.4, 0.5) is 0 Å². The van der Waals surface area contributed by atoms with Crippen LogP contribution in [0.1, 0.15) is 5.56 Å². The van der Waals surface area contributed by atoms with Gasteiger partial charge >= 0.3 is 5.97 Å². The van der Waals surface area contributed by atoms with E-state index < -0.39 is 17.7 Å². The number of esters is 1. The SMILES string of the molecule is COC(=O)CN(C)C(=O)C(=O)/C=C/c1ccccc1. The predicted molar refractivity (Wildman–Crippen MR) is 70.1 cm³/mol. The van der Waals surface area contributed by atoms with Crippen LogP contribution in [0.3, 0.4) is 0 Å².